The fourth-order valence-corrected chi connectivity index (χ4v) is 3.18. The Kier molecular flexibility index (Phi) is 5.45. The van der Waals surface area contributed by atoms with E-state index in [-0.39, 0.29) is 12.5 Å². The summed E-state index contributed by atoms with van der Waals surface area (Å²) in [5.74, 6) is 1.06. The molecule has 2 aromatic carbocycles. The van der Waals surface area contributed by atoms with Crippen molar-refractivity contribution in [1.29, 1.82) is 0 Å². The van der Waals surface area contributed by atoms with Crippen molar-refractivity contribution in [2.45, 2.75) is 13.8 Å². The van der Waals surface area contributed by atoms with Crippen LogP contribution < -0.4 is 10.1 Å². The van der Waals surface area contributed by atoms with Gasteiger partial charge in [-0.1, -0.05) is 46.3 Å². The van der Waals surface area contributed by atoms with Gasteiger partial charge in [0.2, 0.25) is 5.13 Å². The third-order valence-corrected chi connectivity index (χ3v) is 4.69. The SMILES string of the molecule is Cc1cccc(C)c1OCC(=O)Nc1nc(-c2ccc(Br)cc2)ns1. The van der Waals surface area contributed by atoms with Crippen molar-refractivity contribution in [2.24, 2.45) is 0 Å². The molecule has 7 heteroatoms. The molecule has 0 bridgehead atoms. The molecular weight excluding hydrogens is 402 g/mol. The molecule has 0 radical (unpaired) electrons. The van der Waals surface area contributed by atoms with E-state index in [1.165, 1.54) is 0 Å². The molecule has 0 aliphatic rings. The van der Waals surface area contributed by atoms with Crippen LogP contribution in [0.15, 0.2) is 46.9 Å². The number of nitrogens with one attached hydrogen (secondary N) is 1. The van der Waals surface area contributed by atoms with Gasteiger partial charge in [-0.05, 0) is 37.1 Å². The molecule has 0 unspecified atom stereocenters. The van der Waals surface area contributed by atoms with Crippen LogP contribution in [0, 0.1) is 13.8 Å². The summed E-state index contributed by atoms with van der Waals surface area (Å²) in [5, 5.41) is 3.18. The Balaban J connectivity index is 1.61. The number of anilines is 1. The highest BCUT2D eigenvalue weighted by Gasteiger charge is 2.11. The van der Waals surface area contributed by atoms with Gasteiger partial charge in [-0.25, -0.2) is 0 Å². The van der Waals surface area contributed by atoms with Crippen molar-refractivity contribution in [1.82, 2.24) is 9.36 Å². The summed E-state index contributed by atoms with van der Waals surface area (Å²) in [4.78, 5) is 16.4. The van der Waals surface area contributed by atoms with Crippen molar-refractivity contribution in [3.8, 4) is 17.1 Å². The number of para-hydroxylation sites is 1. The quantitative estimate of drug-likeness (QED) is 0.658. The Bertz CT molecular complexity index is 873. The third kappa shape index (κ3) is 4.43. The maximum absolute atomic E-state index is 12.1. The second-order valence-corrected chi connectivity index (χ2v) is 7.16. The Morgan fingerprint density at radius 2 is 1.84 bits per heavy atom. The summed E-state index contributed by atoms with van der Waals surface area (Å²) < 4.78 is 10.9. The highest BCUT2D eigenvalue weighted by Crippen LogP contribution is 2.24. The zero-order valence-electron chi connectivity index (χ0n) is 13.7. The summed E-state index contributed by atoms with van der Waals surface area (Å²) in [6, 6.07) is 13.6. The first-order valence-electron chi connectivity index (χ1n) is 7.61. The van der Waals surface area contributed by atoms with Crippen molar-refractivity contribution in [2.75, 3.05) is 11.9 Å². The lowest BCUT2D eigenvalue weighted by Crippen LogP contribution is -2.20. The molecule has 1 N–H and O–H groups in total. The van der Waals surface area contributed by atoms with Crippen LogP contribution in [0.1, 0.15) is 11.1 Å². The molecule has 128 valence electrons. The molecule has 0 atom stereocenters. The average Bonchev–Trinajstić information content (AvgIpc) is 3.03. The second-order valence-electron chi connectivity index (χ2n) is 5.49. The van der Waals surface area contributed by atoms with Gasteiger partial charge in [0.05, 0.1) is 0 Å². The fourth-order valence-electron chi connectivity index (χ4n) is 2.31. The predicted molar refractivity (Wildman–Crippen MR) is 103 cm³/mol. The van der Waals surface area contributed by atoms with E-state index >= 15 is 0 Å². The molecule has 0 aliphatic carbocycles. The summed E-state index contributed by atoms with van der Waals surface area (Å²) in [7, 11) is 0. The number of benzene rings is 2. The van der Waals surface area contributed by atoms with Crippen molar-refractivity contribution in [3.05, 3.63) is 58.1 Å². The number of amides is 1. The van der Waals surface area contributed by atoms with E-state index in [0.717, 1.165) is 38.4 Å². The Hall–Kier alpha value is -2.25. The van der Waals surface area contributed by atoms with Crippen LogP contribution in [0.3, 0.4) is 0 Å². The molecule has 1 aromatic heterocycles. The monoisotopic (exact) mass is 417 g/mol. The highest BCUT2D eigenvalue weighted by molar-refractivity contribution is 9.10. The van der Waals surface area contributed by atoms with E-state index in [9.17, 15) is 4.79 Å². The number of carbonyl (C=O) groups excluding carboxylic acids is 1. The number of halogens is 1. The normalized spacial score (nSPS) is 10.5. The number of ether oxygens (including phenoxy) is 1. The zero-order valence-corrected chi connectivity index (χ0v) is 16.1. The lowest BCUT2D eigenvalue weighted by atomic mass is 10.1. The Labute approximate surface area is 158 Å². The number of hydrogen-bond acceptors (Lipinski definition) is 5. The van der Waals surface area contributed by atoms with Gasteiger partial charge in [-0.15, -0.1) is 0 Å². The van der Waals surface area contributed by atoms with Gasteiger partial charge >= 0.3 is 0 Å². The van der Waals surface area contributed by atoms with E-state index in [1.807, 2.05) is 56.3 Å². The van der Waals surface area contributed by atoms with Crippen LogP contribution in [0.5, 0.6) is 5.75 Å². The molecule has 1 heterocycles. The van der Waals surface area contributed by atoms with E-state index < -0.39 is 0 Å². The number of carbonyl (C=O) groups is 1. The molecular formula is C18H16BrN3O2S. The smallest absolute Gasteiger partial charge is 0.264 e. The standard InChI is InChI=1S/C18H16BrN3O2S/c1-11-4-3-5-12(2)16(11)24-10-15(23)20-18-21-17(22-25-18)13-6-8-14(19)9-7-13/h3-9H,10H2,1-2H3,(H,20,21,22,23). The Morgan fingerprint density at radius 3 is 2.52 bits per heavy atom. The van der Waals surface area contributed by atoms with Crippen LogP contribution in [0.2, 0.25) is 0 Å². The van der Waals surface area contributed by atoms with E-state index in [1.54, 1.807) is 0 Å². The fraction of sp³-hybridized carbons (Fsp3) is 0.167. The van der Waals surface area contributed by atoms with Gasteiger partial charge < -0.3 is 4.74 Å². The van der Waals surface area contributed by atoms with Gasteiger partial charge in [-0.2, -0.15) is 9.36 Å². The van der Waals surface area contributed by atoms with E-state index in [2.05, 4.69) is 30.6 Å². The first-order valence-corrected chi connectivity index (χ1v) is 9.18. The van der Waals surface area contributed by atoms with Crippen LogP contribution in [-0.4, -0.2) is 21.9 Å². The van der Waals surface area contributed by atoms with Gasteiger partial charge in [0, 0.05) is 21.6 Å². The first kappa shape index (κ1) is 17.6. The van der Waals surface area contributed by atoms with Crippen molar-refractivity contribution in [3.63, 3.8) is 0 Å². The van der Waals surface area contributed by atoms with E-state index in [0.29, 0.717) is 11.0 Å². The summed E-state index contributed by atoms with van der Waals surface area (Å²) >= 11 is 4.54. The van der Waals surface area contributed by atoms with Crippen LogP contribution in [0.4, 0.5) is 5.13 Å². The molecule has 0 aliphatic heterocycles. The molecule has 0 saturated carbocycles. The lowest BCUT2D eigenvalue weighted by Gasteiger charge is -2.11. The van der Waals surface area contributed by atoms with E-state index in [4.69, 9.17) is 4.74 Å². The Morgan fingerprint density at radius 1 is 1.16 bits per heavy atom. The average molecular weight is 418 g/mol. The molecule has 3 rings (SSSR count). The molecule has 3 aromatic rings. The van der Waals surface area contributed by atoms with Crippen molar-refractivity contribution < 1.29 is 9.53 Å². The number of nitrogens with zero attached hydrogens (tertiary/aromatic N) is 2. The number of aromatic nitrogens is 2. The number of aryl methyl sites for hydroxylation is 2. The second kappa shape index (κ2) is 7.76. The topological polar surface area (TPSA) is 64.1 Å². The summed E-state index contributed by atoms with van der Waals surface area (Å²) in [6.07, 6.45) is 0. The highest BCUT2D eigenvalue weighted by atomic mass is 79.9. The maximum atomic E-state index is 12.1. The third-order valence-electron chi connectivity index (χ3n) is 3.53. The summed E-state index contributed by atoms with van der Waals surface area (Å²) in [6.45, 7) is 3.84. The molecule has 0 spiro atoms. The van der Waals surface area contributed by atoms with Crippen LogP contribution in [-0.2, 0) is 4.79 Å². The maximum Gasteiger partial charge on any atom is 0.264 e. The molecule has 1 amide bonds. The molecule has 0 saturated heterocycles. The number of hydrogen-bond donors (Lipinski definition) is 1. The minimum absolute atomic E-state index is 0.0705. The van der Waals surface area contributed by atoms with Crippen LogP contribution >= 0.6 is 27.5 Å². The van der Waals surface area contributed by atoms with Gasteiger partial charge in [0.1, 0.15) is 5.75 Å². The minimum Gasteiger partial charge on any atom is -0.483 e. The van der Waals surface area contributed by atoms with Crippen LogP contribution in [0.25, 0.3) is 11.4 Å². The first-order chi connectivity index (χ1) is 12.0. The zero-order chi connectivity index (χ0) is 17.8. The van der Waals surface area contributed by atoms with Gasteiger partial charge in [0.25, 0.3) is 5.91 Å². The summed E-state index contributed by atoms with van der Waals surface area (Å²) in [5.41, 5.74) is 2.90. The largest absolute Gasteiger partial charge is 0.483 e. The van der Waals surface area contributed by atoms with Crippen molar-refractivity contribution >= 4 is 38.5 Å². The minimum atomic E-state index is -0.263. The lowest BCUT2D eigenvalue weighted by molar-refractivity contribution is -0.118. The number of rotatable bonds is 5. The molecule has 5 nitrogen and oxygen atoms in total. The molecule has 0 fully saturated rings. The predicted octanol–water partition coefficient (Wildman–Crippen LogP) is 4.60. The van der Waals surface area contributed by atoms with Gasteiger partial charge in [-0.3, -0.25) is 10.1 Å². The van der Waals surface area contributed by atoms with Gasteiger partial charge in [0.15, 0.2) is 12.4 Å². The molecule has 25 heavy (non-hydrogen) atoms.